The van der Waals surface area contributed by atoms with Crippen LogP contribution in [0.2, 0.25) is 0 Å². The van der Waals surface area contributed by atoms with Crippen molar-refractivity contribution in [1.29, 1.82) is 0 Å². The number of aromatic hydroxyl groups is 2. The molecule has 0 amide bonds. The van der Waals surface area contributed by atoms with Crippen LogP contribution in [-0.2, 0) is 26.2 Å². The van der Waals surface area contributed by atoms with E-state index in [4.69, 9.17) is 10.2 Å². The minimum atomic E-state index is 0. The molecule has 2 aliphatic carbocycles. The van der Waals surface area contributed by atoms with Gasteiger partial charge in [0.05, 0.1) is 24.3 Å². The summed E-state index contributed by atoms with van der Waals surface area (Å²) in [5.41, 5.74) is 0. The maximum Gasteiger partial charge on any atom is 2.00 e. The normalized spacial score (nSPS) is 11.9. The smallest absolute Gasteiger partial charge is 0.508 e. The van der Waals surface area contributed by atoms with E-state index in [1.807, 2.05) is 24.3 Å². The fourth-order valence-electron chi connectivity index (χ4n) is 1.68. The molecule has 0 unspecified atom stereocenters. The predicted octanol–water partition coefficient (Wildman–Crippen LogP) is 7.35. The number of rotatable bonds is 2. The minimum absolute atomic E-state index is 0. The van der Waals surface area contributed by atoms with Gasteiger partial charge in [-0.2, -0.15) is 19.9 Å². The third-order valence-electron chi connectivity index (χ3n) is 3.02. The number of phenolic OH excluding ortho intramolecular Hbond substituents is 2. The molecule has 2 aromatic rings. The Morgan fingerprint density at radius 3 is 1.17 bits per heavy atom. The summed E-state index contributed by atoms with van der Waals surface area (Å²) in [5, 5.41) is 17.4. The fraction of sp³-hybridized carbons (Fsp3) is 0.0909. The van der Waals surface area contributed by atoms with E-state index in [0.717, 1.165) is 12.8 Å². The van der Waals surface area contributed by atoms with E-state index < -0.39 is 0 Å². The number of benzene rings is 2. The molecular formula is C22H20F2O2S2Zr. The van der Waals surface area contributed by atoms with E-state index in [9.17, 15) is 7.77 Å². The largest absolute Gasteiger partial charge is 2.00 e. The van der Waals surface area contributed by atoms with E-state index in [0.29, 0.717) is 9.79 Å². The van der Waals surface area contributed by atoms with Crippen LogP contribution in [-0.4, -0.2) is 10.2 Å². The third kappa shape index (κ3) is 15.0. The number of allylic oxidation sites excluding steroid dienone is 8. The topological polar surface area (TPSA) is 40.5 Å². The molecule has 7 heteroatoms. The van der Waals surface area contributed by atoms with Gasteiger partial charge in [-0.25, -0.2) is 24.3 Å². The SMILES string of the molecule is Oc1ccc(SF)cc1.Oc1ccc(SF)cc1.[C-]1=CC=CC1.[C-]1=CC=CC1.[Zr+2]. The quantitative estimate of drug-likeness (QED) is 0.415. The number of halogens is 2. The first-order valence-electron chi connectivity index (χ1n) is 8.24. The second-order valence-electron chi connectivity index (χ2n) is 5.15. The van der Waals surface area contributed by atoms with Crippen molar-refractivity contribution in [3.05, 3.63) is 97.1 Å². The molecule has 2 aliphatic rings. The molecule has 2 nitrogen and oxygen atoms in total. The van der Waals surface area contributed by atoms with Crippen molar-refractivity contribution in [2.75, 3.05) is 0 Å². The molecule has 29 heavy (non-hydrogen) atoms. The number of phenols is 2. The Morgan fingerprint density at radius 1 is 0.655 bits per heavy atom. The molecule has 0 saturated carbocycles. The van der Waals surface area contributed by atoms with Crippen molar-refractivity contribution >= 4 is 24.3 Å². The average molecular weight is 510 g/mol. The molecule has 0 saturated heterocycles. The summed E-state index contributed by atoms with van der Waals surface area (Å²) in [7, 11) is 0. The molecule has 0 heterocycles. The summed E-state index contributed by atoms with van der Waals surface area (Å²) in [6.45, 7) is 0. The van der Waals surface area contributed by atoms with E-state index in [1.54, 1.807) is 0 Å². The van der Waals surface area contributed by atoms with Crippen LogP contribution >= 0.6 is 24.3 Å². The average Bonchev–Trinajstić information content (AvgIpc) is 3.48. The summed E-state index contributed by atoms with van der Waals surface area (Å²) >= 11 is 0.333. The molecule has 0 aliphatic heterocycles. The van der Waals surface area contributed by atoms with Gasteiger partial charge in [-0.15, -0.1) is 12.8 Å². The van der Waals surface area contributed by atoms with Crippen LogP contribution in [0.15, 0.2) is 94.8 Å². The molecule has 2 aromatic carbocycles. The van der Waals surface area contributed by atoms with Crippen molar-refractivity contribution in [1.82, 2.24) is 0 Å². The standard InChI is InChI=1S/2C6H5FOS.2C5H5.Zr/c2*7-9-6-3-1-5(8)2-4-6;2*1-2-4-5-3-1;/h2*1-4,8H;2*1-3H,4H2;/q;;2*-1;+2. The van der Waals surface area contributed by atoms with Gasteiger partial charge in [0.25, 0.3) is 0 Å². The zero-order valence-corrected chi connectivity index (χ0v) is 19.6. The molecular weight excluding hydrogens is 490 g/mol. The van der Waals surface area contributed by atoms with Crippen LogP contribution < -0.4 is 0 Å². The number of hydrogen-bond acceptors (Lipinski definition) is 4. The molecule has 0 atom stereocenters. The second kappa shape index (κ2) is 18.5. The molecule has 2 N–H and O–H groups in total. The van der Waals surface area contributed by atoms with Gasteiger partial charge in [0.15, 0.2) is 0 Å². The predicted molar refractivity (Wildman–Crippen MR) is 113 cm³/mol. The van der Waals surface area contributed by atoms with Crippen LogP contribution in [0.1, 0.15) is 12.8 Å². The molecule has 0 aromatic heterocycles. The van der Waals surface area contributed by atoms with Gasteiger partial charge < -0.3 is 10.2 Å². The Labute approximate surface area is 198 Å². The molecule has 0 fully saturated rings. The Morgan fingerprint density at radius 2 is 1.00 bits per heavy atom. The van der Waals surface area contributed by atoms with E-state index in [-0.39, 0.29) is 62.0 Å². The summed E-state index contributed by atoms with van der Waals surface area (Å²) < 4.78 is 23.4. The van der Waals surface area contributed by atoms with Crippen molar-refractivity contribution in [2.24, 2.45) is 0 Å². The van der Waals surface area contributed by atoms with Crippen LogP contribution in [0.3, 0.4) is 0 Å². The van der Waals surface area contributed by atoms with Crippen molar-refractivity contribution in [3.8, 4) is 11.5 Å². The van der Waals surface area contributed by atoms with Crippen molar-refractivity contribution in [2.45, 2.75) is 22.6 Å². The Kier molecular flexibility index (Phi) is 17.5. The Bertz CT molecular complexity index is 687. The summed E-state index contributed by atoms with van der Waals surface area (Å²) in [6.07, 6.45) is 20.0. The van der Waals surface area contributed by atoms with E-state index in [2.05, 4.69) is 24.3 Å². The van der Waals surface area contributed by atoms with Crippen molar-refractivity contribution < 1.29 is 44.2 Å². The fourth-order valence-corrected chi connectivity index (χ4v) is 2.15. The Hall–Kier alpha value is -1.56. The van der Waals surface area contributed by atoms with Crippen molar-refractivity contribution in [3.63, 3.8) is 0 Å². The van der Waals surface area contributed by atoms with Crippen LogP contribution in [0.5, 0.6) is 11.5 Å². The zero-order chi connectivity index (χ0) is 20.5. The molecule has 0 bridgehead atoms. The Balaban J connectivity index is 0.000000369. The van der Waals surface area contributed by atoms with Gasteiger partial charge in [0.1, 0.15) is 11.5 Å². The third-order valence-corrected chi connectivity index (χ3v) is 3.92. The van der Waals surface area contributed by atoms with Crippen LogP contribution in [0.4, 0.5) is 7.77 Å². The maximum absolute atomic E-state index is 11.7. The zero-order valence-electron chi connectivity index (χ0n) is 15.5. The number of hydrogen-bond donors (Lipinski definition) is 2. The van der Waals surface area contributed by atoms with Crippen LogP contribution in [0.25, 0.3) is 0 Å². The summed E-state index contributed by atoms with van der Waals surface area (Å²) in [4.78, 5) is 1.01. The molecule has 150 valence electrons. The van der Waals surface area contributed by atoms with Gasteiger partial charge in [-0.3, -0.25) is 12.2 Å². The second-order valence-corrected chi connectivity index (χ2v) is 6.40. The first-order valence-corrected chi connectivity index (χ1v) is 9.67. The molecule has 4 rings (SSSR count). The minimum Gasteiger partial charge on any atom is -0.508 e. The van der Waals surface area contributed by atoms with E-state index >= 15 is 0 Å². The van der Waals surface area contributed by atoms with Crippen LogP contribution in [0, 0.1) is 12.2 Å². The monoisotopic (exact) mass is 508 g/mol. The van der Waals surface area contributed by atoms with Gasteiger partial charge in [-0.05, 0) is 48.5 Å². The van der Waals surface area contributed by atoms with Gasteiger partial charge in [0, 0.05) is 9.79 Å². The summed E-state index contributed by atoms with van der Waals surface area (Å²) in [5.74, 6) is 0.320. The first-order chi connectivity index (χ1) is 13.7. The van der Waals surface area contributed by atoms with Gasteiger partial charge >= 0.3 is 26.2 Å². The molecule has 0 spiro atoms. The van der Waals surface area contributed by atoms with Gasteiger partial charge in [0.2, 0.25) is 0 Å². The van der Waals surface area contributed by atoms with E-state index in [1.165, 1.54) is 48.5 Å². The summed E-state index contributed by atoms with van der Waals surface area (Å²) in [6, 6.07) is 11.8. The maximum atomic E-state index is 11.7. The first kappa shape index (κ1) is 27.4. The molecule has 0 radical (unpaired) electrons. The van der Waals surface area contributed by atoms with Gasteiger partial charge in [-0.1, -0.05) is 0 Å².